The highest BCUT2D eigenvalue weighted by molar-refractivity contribution is 5.74. The van der Waals surface area contributed by atoms with Crippen molar-refractivity contribution >= 4 is 6.03 Å². The molecular formula is C11H22N2O3. The zero-order chi connectivity index (χ0) is 12.2. The van der Waals surface area contributed by atoms with Crippen LogP contribution in [0.25, 0.3) is 0 Å². The molecule has 0 spiro atoms. The van der Waals surface area contributed by atoms with Crippen molar-refractivity contribution in [3.05, 3.63) is 0 Å². The van der Waals surface area contributed by atoms with Crippen LogP contribution in [0.1, 0.15) is 27.2 Å². The monoisotopic (exact) mass is 230 g/mol. The van der Waals surface area contributed by atoms with Crippen molar-refractivity contribution in [2.45, 2.75) is 39.3 Å². The Bertz CT molecular complexity index is 232. The summed E-state index contributed by atoms with van der Waals surface area (Å²) in [6.45, 7) is 7.35. The minimum absolute atomic E-state index is 0.103. The number of carbonyl (C=O) groups is 1. The van der Waals surface area contributed by atoms with Gasteiger partial charge in [0.1, 0.15) is 0 Å². The Morgan fingerprint density at radius 1 is 1.56 bits per heavy atom. The minimum Gasteiger partial charge on any atom is -0.391 e. The molecule has 5 heteroatoms. The smallest absolute Gasteiger partial charge is 0.315 e. The molecule has 2 atom stereocenters. The van der Waals surface area contributed by atoms with Crippen molar-refractivity contribution in [2.75, 3.05) is 19.8 Å². The number of aliphatic hydroxyl groups excluding tert-OH is 1. The van der Waals surface area contributed by atoms with E-state index in [0.717, 1.165) is 6.42 Å². The normalized spacial score (nSPS) is 22.9. The van der Waals surface area contributed by atoms with Crippen LogP contribution in [0.15, 0.2) is 0 Å². The van der Waals surface area contributed by atoms with Gasteiger partial charge in [-0.25, -0.2) is 4.79 Å². The number of ether oxygens (including phenoxy) is 1. The van der Waals surface area contributed by atoms with Gasteiger partial charge in [-0.2, -0.15) is 0 Å². The van der Waals surface area contributed by atoms with Crippen LogP contribution in [0, 0.1) is 5.41 Å². The highest BCUT2D eigenvalue weighted by Gasteiger charge is 2.23. The second-order valence-corrected chi connectivity index (χ2v) is 5.30. The molecule has 1 heterocycles. The number of hydrogen-bond donors (Lipinski definition) is 3. The summed E-state index contributed by atoms with van der Waals surface area (Å²) >= 11 is 0. The largest absolute Gasteiger partial charge is 0.391 e. The molecule has 1 saturated heterocycles. The molecule has 2 amide bonds. The Morgan fingerprint density at radius 2 is 2.25 bits per heavy atom. The first-order valence-electron chi connectivity index (χ1n) is 5.70. The van der Waals surface area contributed by atoms with E-state index < -0.39 is 6.10 Å². The Morgan fingerprint density at radius 3 is 2.75 bits per heavy atom. The first-order valence-corrected chi connectivity index (χ1v) is 5.70. The molecule has 0 aromatic rings. The van der Waals surface area contributed by atoms with Crippen LogP contribution in [-0.4, -0.2) is 43.0 Å². The van der Waals surface area contributed by atoms with E-state index in [1.807, 2.05) is 20.8 Å². The van der Waals surface area contributed by atoms with E-state index in [1.54, 1.807) is 0 Å². The number of amides is 2. The first-order chi connectivity index (χ1) is 7.39. The fourth-order valence-corrected chi connectivity index (χ4v) is 1.38. The molecule has 0 aromatic heterocycles. The van der Waals surface area contributed by atoms with Crippen LogP contribution >= 0.6 is 0 Å². The standard InChI is InChI=1S/C11H22N2O3/c1-11(2,3)9(14)6-12-10(15)13-8-4-5-16-7-8/h8-9,14H,4-7H2,1-3H3,(H2,12,13,15). The van der Waals surface area contributed by atoms with Gasteiger partial charge >= 0.3 is 6.03 Å². The van der Waals surface area contributed by atoms with Crippen LogP contribution in [0.4, 0.5) is 4.79 Å². The molecule has 1 aliphatic heterocycles. The number of carbonyl (C=O) groups excluding carboxylic acids is 1. The molecule has 1 rings (SSSR count). The Balaban J connectivity index is 2.19. The third-order valence-electron chi connectivity index (χ3n) is 2.72. The molecule has 1 aliphatic rings. The fourth-order valence-electron chi connectivity index (χ4n) is 1.38. The van der Waals surface area contributed by atoms with Crippen LogP contribution in [-0.2, 0) is 4.74 Å². The highest BCUT2D eigenvalue weighted by atomic mass is 16.5. The third kappa shape index (κ3) is 4.37. The molecule has 1 fully saturated rings. The average molecular weight is 230 g/mol. The molecule has 94 valence electrons. The lowest BCUT2D eigenvalue weighted by Gasteiger charge is -2.26. The number of rotatable bonds is 3. The van der Waals surface area contributed by atoms with Gasteiger partial charge in [0.25, 0.3) is 0 Å². The maximum Gasteiger partial charge on any atom is 0.315 e. The third-order valence-corrected chi connectivity index (χ3v) is 2.72. The van der Waals surface area contributed by atoms with Gasteiger partial charge in [-0.3, -0.25) is 0 Å². The Labute approximate surface area is 96.6 Å². The van der Waals surface area contributed by atoms with Crippen molar-refractivity contribution in [1.82, 2.24) is 10.6 Å². The highest BCUT2D eigenvalue weighted by Crippen LogP contribution is 2.17. The van der Waals surface area contributed by atoms with Gasteiger partial charge in [0.05, 0.1) is 18.8 Å². The molecule has 0 radical (unpaired) electrons. The average Bonchev–Trinajstić information content (AvgIpc) is 2.65. The second-order valence-electron chi connectivity index (χ2n) is 5.30. The summed E-state index contributed by atoms with van der Waals surface area (Å²) in [7, 11) is 0. The van der Waals surface area contributed by atoms with Crippen LogP contribution < -0.4 is 10.6 Å². The van der Waals surface area contributed by atoms with Crippen molar-refractivity contribution in [1.29, 1.82) is 0 Å². The van der Waals surface area contributed by atoms with Crippen LogP contribution in [0.5, 0.6) is 0 Å². The lowest BCUT2D eigenvalue weighted by molar-refractivity contribution is 0.0648. The molecule has 16 heavy (non-hydrogen) atoms. The summed E-state index contributed by atoms with van der Waals surface area (Å²) < 4.78 is 5.15. The summed E-state index contributed by atoms with van der Waals surface area (Å²) in [5, 5.41) is 15.2. The summed E-state index contributed by atoms with van der Waals surface area (Å²) in [6.07, 6.45) is 0.313. The van der Waals surface area contributed by atoms with Crippen LogP contribution in [0.3, 0.4) is 0 Å². The molecule has 2 unspecified atom stereocenters. The molecular weight excluding hydrogens is 208 g/mol. The van der Waals surface area contributed by atoms with E-state index in [4.69, 9.17) is 4.74 Å². The first kappa shape index (κ1) is 13.3. The number of urea groups is 1. The van der Waals surface area contributed by atoms with Gasteiger partial charge in [-0.05, 0) is 11.8 Å². The maximum atomic E-state index is 11.4. The number of hydrogen-bond acceptors (Lipinski definition) is 3. The minimum atomic E-state index is -0.543. The Hall–Kier alpha value is -0.810. The summed E-state index contributed by atoms with van der Waals surface area (Å²) in [6, 6.07) is -0.134. The summed E-state index contributed by atoms with van der Waals surface area (Å²) in [4.78, 5) is 11.4. The van der Waals surface area contributed by atoms with Crippen molar-refractivity contribution in [3.63, 3.8) is 0 Å². The lowest BCUT2D eigenvalue weighted by Crippen LogP contribution is -2.46. The predicted molar refractivity (Wildman–Crippen MR) is 61.2 cm³/mol. The van der Waals surface area contributed by atoms with E-state index in [2.05, 4.69) is 10.6 Å². The van der Waals surface area contributed by atoms with Gasteiger partial charge in [-0.1, -0.05) is 20.8 Å². The van der Waals surface area contributed by atoms with Crippen molar-refractivity contribution in [2.24, 2.45) is 5.41 Å². The van der Waals surface area contributed by atoms with E-state index >= 15 is 0 Å². The molecule has 0 saturated carbocycles. The SMILES string of the molecule is CC(C)(C)C(O)CNC(=O)NC1CCOC1. The number of nitrogens with one attached hydrogen (secondary N) is 2. The molecule has 0 aromatic carbocycles. The lowest BCUT2D eigenvalue weighted by atomic mass is 9.89. The molecule has 3 N–H and O–H groups in total. The van der Waals surface area contributed by atoms with Gasteiger partial charge in [0.2, 0.25) is 0 Å². The van der Waals surface area contributed by atoms with E-state index in [1.165, 1.54) is 0 Å². The number of aliphatic hydroxyl groups is 1. The van der Waals surface area contributed by atoms with Crippen molar-refractivity contribution in [3.8, 4) is 0 Å². The molecule has 0 bridgehead atoms. The predicted octanol–water partition coefficient (Wildman–Crippen LogP) is 0.481. The van der Waals surface area contributed by atoms with Gasteiger partial charge in [-0.15, -0.1) is 0 Å². The molecule has 0 aliphatic carbocycles. The van der Waals surface area contributed by atoms with E-state index in [9.17, 15) is 9.90 Å². The van der Waals surface area contributed by atoms with Gasteiger partial charge < -0.3 is 20.5 Å². The molecule has 5 nitrogen and oxygen atoms in total. The second kappa shape index (κ2) is 5.50. The summed E-state index contributed by atoms with van der Waals surface area (Å²) in [5.74, 6) is 0. The van der Waals surface area contributed by atoms with Crippen molar-refractivity contribution < 1.29 is 14.6 Å². The zero-order valence-electron chi connectivity index (χ0n) is 10.2. The van der Waals surface area contributed by atoms with E-state index in [-0.39, 0.29) is 24.0 Å². The quantitative estimate of drug-likeness (QED) is 0.660. The topological polar surface area (TPSA) is 70.6 Å². The zero-order valence-corrected chi connectivity index (χ0v) is 10.2. The van der Waals surface area contributed by atoms with Gasteiger partial charge in [0, 0.05) is 13.2 Å². The summed E-state index contributed by atoms with van der Waals surface area (Å²) in [5.41, 5.74) is -0.219. The van der Waals surface area contributed by atoms with Gasteiger partial charge in [0.15, 0.2) is 0 Å². The maximum absolute atomic E-state index is 11.4. The van der Waals surface area contributed by atoms with E-state index in [0.29, 0.717) is 13.2 Å². The Kier molecular flexibility index (Phi) is 4.56. The van der Waals surface area contributed by atoms with Crippen LogP contribution in [0.2, 0.25) is 0 Å². The fraction of sp³-hybridized carbons (Fsp3) is 0.909.